The maximum atomic E-state index is 9.71. The highest BCUT2D eigenvalue weighted by molar-refractivity contribution is 9.10. The lowest BCUT2D eigenvalue weighted by molar-refractivity contribution is 0.0551. The standard InChI is InChI=1S/C15H22BrNO2/c1-15(2,18)8-9-19-14-11(4-3-5-13(14)16)10-17-12-6-7-12/h3-5,12,17-18H,6-10H2,1-2H3. The fourth-order valence-corrected chi connectivity index (χ4v) is 2.32. The van der Waals surface area contributed by atoms with Crippen LogP contribution in [0.15, 0.2) is 22.7 Å². The van der Waals surface area contributed by atoms with Crippen molar-refractivity contribution >= 4 is 15.9 Å². The summed E-state index contributed by atoms with van der Waals surface area (Å²) in [4.78, 5) is 0. The second-order valence-corrected chi connectivity index (χ2v) is 6.65. The van der Waals surface area contributed by atoms with Crippen molar-refractivity contribution in [3.63, 3.8) is 0 Å². The van der Waals surface area contributed by atoms with Gasteiger partial charge in [0.1, 0.15) is 5.75 Å². The molecule has 0 aliphatic heterocycles. The molecule has 1 aliphatic rings. The van der Waals surface area contributed by atoms with E-state index >= 15 is 0 Å². The van der Waals surface area contributed by atoms with E-state index in [1.165, 1.54) is 12.8 Å². The molecule has 0 spiro atoms. The van der Waals surface area contributed by atoms with Crippen molar-refractivity contribution in [3.8, 4) is 5.75 Å². The van der Waals surface area contributed by atoms with Crippen molar-refractivity contribution in [1.29, 1.82) is 0 Å². The van der Waals surface area contributed by atoms with Gasteiger partial charge in [-0.3, -0.25) is 0 Å². The minimum atomic E-state index is -0.687. The molecule has 1 aromatic rings. The third-order valence-corrected chi connectivity index (χ3v) is 3.79. The first-order valence-electron chi connectivity index (χ1n) is 6.82. The van der Waals surface area contributed by atoms with E-state index in [0.29, 0.717) is 19.1 Å². The summed E-state index contributed by atoms with van der Waals surface area (Å²) in [6, 6.07) is 6.78. The van der Waals surface area contributed by atoms with Gasteiger partial charge in [0.2, 0.25) is 0 Å². The van der Waals surface area contributed by atoms with Gasteiger partial charge in [-0.05, 0) is 48.7 Å². The molecule has 19 heavy (non-hydrogen) atoms. The highest BCUT2D eigenvalue weighted by Crippen LogP contribution is 2.30. The number of hydrogen-bond acceptors (Lipinski definition) is 3. The van der Waals surface area contributed by atoms with Crippen molar-refractivity contribution in [1.82, 2.24) is 5.32 Å². The Bertz CT molecular complexity index is 425. The average molecular weight is 328 g/mol. The molecular weight excluding hydrogens is 306 g/mol. The summed E-state index contributed by atoms with van der Waals surface area (Å²) in [5, 5.41) is 13.2. The molecule has 1 saturated carbocycles. The Morgan fingerprint density at radius 2 is 2.16 bits per heavy atom. The number of rotatable bonds is 7. The van der Waals surface area contributed by atoms with Crippen LogP contribution in [0.1, 0.15) is 38.7 Å². The summed E-state index contributed by atoms with van der Waals surface area (Å²) < 4.78 is 6.82. The number of aliphatic hydroxyl groups is 1. The van der Waals surface area contributed by atoms with E-state index in [4.69, 9.17) is 4.74 Å². The van der Waals surface area contributed by atoms with Crippen LogP contribution in [0.3, 0.4) is 0 Å². The van der Waals surface area contributed by atoms with Crippen LogP contribution in [-0.2, 0) is 6.54 Å². The molecule has 2 N–H and O–H groups in total. The molecule has 1 aromatic carbocycles. The van der Waals surface area contributed by atoms with Gasteiger partial charge in [0.05, 0.1) is 16.7 Å². The lowest BCUT2D eigenvalue weighted by Crippen LogP contribution is -2.22. The number of ether oxygens (including phenoxy) is 1. The highest BCUT2D eigenvalue weighted by atomic mass is 79.9. The number of halogens is 1. The monoisotopic (exact) mass is 327 g/mol. The van der Waals surface area contributed by atoms with Gasteiger partial charge in [0, 0.05) is 24.6 Å². The number of benzene rings is 1. The van der Waals surface area contributed by atoms with Crippen LogP contribution in [0.2, 0.25) is 0 Å². The molecule has 0 amide bonds. The van der Waals surface area contributed by atoms with E-state index in [-0.39, 0.29) is 0 Å². The molecule has 106 valence electrons. The van der Waals surface area contributed by atoms with Gasteiger partial charge < -0.3 is 15.2 Å². The first kappa shape index (κ1) is 14.8. The molecule has 0 unspecified atom stereocenters. The van der Waals surface area contributed by atoms with Gasteiger partial charge >= 0.3 is 0 Å². The maximum Gasteiger partial charge on any atom is 0.137 e. The van der Waals surface area contributed by atoms with Gasteiger partial charge in [-0.2, -0.15) is 0 Å². The van der Waals surface area contributed by atoms with Crippen LogP contribution in [0.5, 0.6) is 5.75 Å². The number of hydrogen-bond donors (Lipinski definition) is 2. The van der Waals surface area contributed by atoms with E-state index in [0.717, 1.165) is 22.3 Å². The topological polar surface area (TPSA) is 41.5 Å². The fourth-order valence-electron chi connectivity index (χ4n) is 1.80. The molecular formula is C15H22BrNO2. The molecule has 0 bridgehead atoms. The van der Waals surface area contributed by atoms with Gasteiger partial charge in [-0.1, -0.05) is 12.1 Å². The van der Waals surface area contributed by atoms with Gasteiger partial charge in [-0.25, -0.2) is 0 Å². The minimum absolute atomic E-state index is 0.516. The second kappa shape index (κ2) is 6.25. The lowest BCUT2D eigenvalue weighted by atomic mass is 10.1. The minimum Gasteiger partial charge on any atom is -0.492 e. The molecule has 3 nitrogen and oxygen atoms in total. The van der Waals surface area contributed by atoms with Gasteiger partial charge in [0.25, 0.3) is 0 Å². The molecule has 0 aromatic heterocycles. The van der Waals surface area contributed by atoms with Crippen molar-refractivity contribution in [2.75, 3.05) is 6.61 Å². The summed E-state index contributed by atoms with van der Waals surface area (Å²) in [6.07, 6.45) is 3.18. The first-order valence-corrected chi connectivity index (χ1v) is 7.61. The van der Waals surface area contributed by atoms with Crippen LogP contribution in [0, 0.1) is 0 Å². The lowest BCUT2D eigenvalue weighted by Gasteiger charge is -2.19. The Morgan fingerprint density at radius 1 is 1.42 bits per heavy atom. The number of nitrogens with one attached hydrogen (secondary N) is 1. The van der Waals surface area contributed by atoms with Crippen molar-refractivity contribution < 1.29 is 9.84 Å². The molecule has 0 heterocycles. The number of para-hydroxylation sites is 1. The third-order valence-electron chi connectivity index (χ3n) is 3.17. The van der Waals surface area contributed by atoms with Crippen LogP contribution in [0.4, 0.5) is 0 Å². The third kappa shape index (κ3) is 5.13. The van der Waals surface area contributed by atoms with Crippen LogP contribution in [0.25, 0.3) is 0 Å². The van der Waals surface area contributed by atoms with Crippen LogP contribution >= 0.6 is 15.9 Å². The van der Waals surface area contributed by atoms with Crippen molar-refractivity contribution in [2.24, 2.45) is 0 Å². The van der Waals surface area contributed by atoms with Gasteiger partial charge in [0.15, 0.2) is 0 Å². The SMILES string of the molecule is CC(C)(O)CCOc1c(Br)cccc1CNC1CC1. The van der Waals surface area contributed by atoms with E-state index in [1.54, 1.807) is 13.8 Å². The summed E-state index contributed by atoms with van der Waals surface area (Å²) >= 11 is 3.54. The Kier molecular flexibility index (Phi) is 4.87. The molecule has 2 rings (SSSR count). The molecule has 1 fully saturated rings. The van der Waals surface area contributed by atoms with Crippen LogP contribution < -0.4 is 10.1 Å². The van der Waals surface area contributed by atoms with Crippen molar-refractivity contribution in [3.05, 3.63) is 28.2 Å². The Hall–Kier alpha value is -0.580. The van der Waals surface area contributed by atoms with E-state index < -0.39 is 5.60 Å². The first-order chi connectivity index (χ1) is 8.96. The smallest absolute Gasteiger partial charge is 0.137 e. The zero-order valence-corrected chi connectivity index (χ0v) is 13.2. The summed E-state index contributed by atoms with van der Waals surface area (Å²) in [6.45, 7) is 4.95. The van der Waals surface area contributed by atoms with Gasteiger partial charge in [-0.15, -0.1) is 0 Å². The molecule has 0 saturated heterocycles. The van der Waals surface area contributed by atoms with E-state index in [1.807, 2.05) is 12.1 Å². The fraction of sp³-hybridized carbons (Fsp3) is 0.600. The average Bonchev–Trinajstić information content (AvgIpc) is 3.11. The Labute approximate surface area is 123 Å². The summed E-state index contributed by atoms with van der Waals surface area (Å²) in [5.74, 6) is 0.889. The zero-order valence-electron chi connectivity index (χ0n) is 11.6. The Balaban J connectivity index is 1.95. The zero-order chi connectivity index (χ0) is 13.9. The summed E-state index contributed by atoms with van der Waals surface area (Å²) in [7, 11) is 0. The van der Waals surface area contributed by atoms with Crippen molar-refractivity contribution in [2.45, 2.75) is 51.3 Å². The summed E-state index contributed by atoms with van der Waals surface area (Å²) in [5.41, 5.74) is 0.477. The molecule has 0 radical (unpaired) electrons. The molecule has 4 heteroatoms. The predicted octanol–water partition coefficient (Wildman–Crippen LogP) is 3.24. The highest BCUT2D eigenvalue weighted by Gasteiger charge is 2.21. The molecule has 1 aliphatic carbocycles. The van der Waals surface area contributed by atoms with Crippen LogP contribution in [-0.4, -0.2) is 23.4 Å². The Morgan fingerprint density at radius 3 is 2.79 bits per heavy atom. The predicted molar refractivity (Wildman–Crippen MR) is 80.4 cm³/mol. The van der Waals surface area contributed by atoms with E-state index in [9.17, 15) is 5.11 Å². The van der Waals surface area contributed by atoms with E-state index in [2.05, 4.69) is 27.3 Å². The second-order valence-electron chi connectivity index (χ2n) is 5.79. The quantitative estimate of drug-likeness (QED) is 0.807. The normalized spacial score (nSPS) is 15.6. The molecule has 0 atom stereocenters. The largest absolute Gasteiger partial charge is 0.492 e. The maximum absolute atomic E-state index is 9.71.